The van der Waals surface area contributed by atoms with Gasteiger partial charge in [0.25, 0.3) is 0 Å². The van der Waals surface area contributed by atoms with Crippen molar-refractivity contribution in [2.24, 2.45) is 0 Å². The van der Waals surface area contributed by atoms with E-state index in [1.54, 1.807) is 0 Å². The molecule has 0 bridgehead atoms. The molecule has 0 radical (unpaired) electrons. The molecule has 0 atom stereocenters. The fourth-order valence-corrected chi connectivity index (χ4v) is 4.28. The van der Waals surface area contributed by atoms with Crippen molar-refractivity contribution in [3.8, 4) is 0 Å². The van der Waals surface area contributed by atoms with Crippen LogP contribution in [0.5, 0.6) is 0 Å². The van der Waals surface area contributed by atoms with E-state index in [1.165, 1.54) is 38.2 Å². The summed E-state index contributed by atoms with van der Waals surface area (Å²) in [5, 5.41) is 3.53. The molecule has 1 aliphatic carbocycles. The highest BCUT2D eigenvalue weighted by molar-refractivity contribution is 9.10. The van der Waals surface area contributed by atoms with Gasteiger partial charge in [-0.1, -0.05) is 41.3 Å². The largest absolute Gasteiger partial charge is 0.379 e. The van der Waals surface area contributed by atoms with E-state index in [1.807, 2.05) is 12.1 Å². The molecule has 1 N–H and O–H groups in total. The second-order valence-corrected chi connectivity index (χ2v) is 7.64. The first-order chi connectivity index (χ1) is 11.2. The summed E-state index contributed by atoms with van der Waals surface area (Å²) in [4.78, 5) is 2.61. The van der Waals surface area contributed by atoms with Gasteiger partial charge < -0.3 is 10.1 Å². The lowest BCUT2D eigenvalue weighted by Crippen LogP contribution is -2.59. The maximum atomic E-state index is 14.0. The standard InChI is InChI=1S/C18H26BrFN2O/c19-16-5-4-15(17(20)12-16)13-21-14-18(6-2-1-3-7-18)22-8-10-23-11-9-22/h4-5,12,21H,1-3,6-11,13-14H2. The minimum absolute atomic E-state index is 0.143. The second kappa shape index (κ2) is 8.06. The predicted octanol–water partition coefficient (Wildman–Crippen LogP) is 3.71. The van der Waals surface area contributed by atoms with Gasteiger partial charge in [-0.25, -0.2) is 4.39 Å². The Morgan fingerprint density at radius 3 is 2.61 bits per heavy atom. The third-order valence-corrected chi connectivity index (χ3v) is 5.74. The highest BCUT2D eigenvalue weighted by Crippen LogP contribution is 2.34. The quantitative estimate of drug-likeness (QED) is 0.837. The van der Waals surface area contributed by atoms with Crippen LogP contribution in [0.15, 0.2) is 22.7 Å². The van der Waals surface area contributed by atoms with E-state index >= 15 is 0 Å². The Hall–Kier alpha value is -0.490. The molecule has 2 fully saturated rings. The summed E-state index contributed by atoms with van der Waals surface area (Å²) >= 11 is 3.31. The molecule has 1 heterocycles. The number of ether oxygens (including phenoxy) is 1. The van der Waals surface area contributed by atoms with Gasteiger partial charge in [0.2, 0.25) is 0 Å². The van der Waals surface area contributed by atoms with Crippen LogP contribution in [-0.2, 0) is 11.3 Å². The number of benzene rings is 1. The van der Waals surface area contributed by atoms with E-state index in [2.05, 4.69) is 26.1 Å². The first-order valence-electron chi connectivity index (χ1n) is 8.67. The number of nitrogens with zero attached hydrogens (tertiary/aromatic N) is 1. The molecular weight excluding hydrogens is 359 g/mol. The van der Waals surface area contributed by atoms with Gasteiger partial charge in [-0.15, -0.1) is 0 Å². The van der Waals surface area contributed by atoms with Crippen LogP contribution in [0.3, 0.4) is 0 Å². The SMILES string of the molecule is Fc1cc(Br)ccc1CNCC1(N2CCOCC2)CCCCC1. The Morgan fingerprint density at radius 2 is 1.91 bits per heavy atom. The van der Waals surface area contributed by atoms with Gasteiger partial charge >= 0.3 is 0 Å². The average Bonchev–Trinajstić information content (AvgIpc) is 2.58. The van der Waals surface area contributed by atoms with Gasteiger partial charge in [0.15, 0.2) is 0 Å². The van der Waals surface area contributed by atoms with E-state index in [-0.39, 0.29) is 11.4 Å². The van der Waals surface area contributed by atoms with Crippen molar-refractivity contribution in [1.82, 2.24) is 10.2 Å². The third-order valence-electron chi connectivity index (χ3n) is 5.25. The highest BCUT2D eigenvalue weighted by atomic mass is 79.9. The average molecular weight is 385 g/mol. The minimum Gasteiger partial charge on any atom is -0.379 e. The Morgan fingerprint density at radius 1 is 1.17 bits per heavy atom. The number of morpholine rings is 1. The van der Waals surface area contributed by atoms with Crippen molar-refractivity contribution in [3.05, 3.63) is 34.1 Å². The van der Waals surface area contributed by atoms with E-state index in [0.717, 1.165) is 42.9 Å². The zero-order chi connectivity index (χ0) is 16.1. The van der Waals surface area contributed by atoms with Crippen molar-refractivity contribution in [3.63, 3.8) is 0 Å². The normalized spacial score (nSPS) is 22.2. The Balaban J connectivity index is 1.62. The summed E-state index contributed by atoms with van der Waals surface area (Å²) in [5.74, 6) is -0.143. The molecule has 0 unspecified atom stereocenters. The molecular formula is C18H26BrFN2O. The Labute approximate surface area is 146 Å². The minimum atomic E-state index is -0.143. The predicted molar refractivity (Wildman–Crippen MR) is 94.0 cm³/mol. The summed E-state index contributed by atoms with van der Waals surface area (Å²) in [5.41, 5.74) is 0.967. The van der Waals surface area contributed by atoms with Crippen LogP contribution in [0.4, 0.5) is 4.39 Å². The van der Waals surface area contributed by atoms with E-state index in [4.69, 9.17) is 4.74 Å². The second-order valence-electron chi connectivity index (χ2n) is 6.72. The molecule has 1 aliphatic heterocycles. The van der Waals surface area contributed by atoms with Crippen LogP contribution in [0.25, 0.3) is 0 Å². The Bertz CT molecular complexity index is 514. The smallest absolute Gasteiger partial charge is 0.128 e. The van der Waals surface area contributed by atoms with Gasteiger partial charge in [-0.05, 0) is 25.0 Å². The van der Waals surface area contributed by atoms with Gasteiger partial charge in [0.1, 0.15) is 5.82 Å². The molecule has 3 rings (SSSR count). The van der Waals surface area contributed by atoms with Crippen molar-refractivity contribution in [2.75, 3.05) is 32.8 Å². The van der Waals surface area contributed by atoms with Crippen LogP contribution < -0.4 is 5.32 Å². The van der Waals surface area contributed by atoms with Crippen molar-refractivity contribution < 1.29 is 9.13 Å². The summed E-state index contributed by atoms with van der Waals surface area (Å²) < 4.78 is 20.3. The number of nitrogens with one attached hydrogen (secondary N) is 1. The van der Waals surface area contributed by atoms with E-state index < -0.39 is 0 Å². The summed E-state index contributed by atoms with van der Waals surface area (Å²) in [6, 6.07) is 5.29. The molecule has 2 aliphatic rings. The van der Waals surface area contributed by atoms with Crippen molar-refractivity contribution >= 4 is 15.9 Å². The van der Waals surface area contributed by atoms with E-state index in [0.29, 0.717) is 6.54 Å². The van der Waals surface area contributed by atoms with E-state index in [9.17, 15) is 4.39 Å². The zero-order valence-electron chi connectivity index (χ0n) is 13.6. The molecule has 1 saturated carbocycles. The van der Waals surface area contributed by atoms with Crippen LogP contribution in [0, 0.1) is 5.82 Å². The summed E-state index contributed by atoms with van der Waals surface area (Å²) in [6.45, 7) is 5.24. The first kappa shape index (κ1) is 17.3. The van der Waals surface area contributed by atoms with Crippen molar-refractivity contribution in [1.29, 1.82) is 0 Å². The lowest BCUT2D eigenvalue weighted by atomic mass is 9.79. The van der Waals surface area contributed by atoms with Gasteiger partial charge in [-0.3, -0.25) is 4.90 Å². The molecule has 128 valence electrons. The molecule has 0 spiro atoms. The first-order valence-corrected chi connectivity index (χ1v) is 9.46. The number of rotatable bonds is 5. The molecule has 5 heteroatoms. The third kappa shape index (κ3) is 4.32. The molecule has 3 nitrogen and oxygen atoms in total. The summed E-state index contributed by atoms with van der Waals surface area (Å²) in [6.07, 6.45) is 6.41. The maximum absolute atomic E-state index is 14.0. The fourth-order valence-electron chi connectivity index (χ4n) is 3.95. The molecule has 1 aromatic rings. The van der Waals surface area contributed by atoms with Crippen molar-refractivity contribution in [2.45, 2.75) is 44.2 Å². The topological polar surface area (TPSA) is 24.5 Å². The molecule has 0 aromatic heterocycles. The van der Waals surface area contributed by atoms with Gasteiger partial charge in [-0.2, -0.15) is 0 Å². The van der Waals surface area contributed by atoms with Gasteiger partial charge in [0.05, 0.1) is 13.2 Å². The molecule has 23 heavy (non-hydrogen) atoms. The van der Waals surface area contributed by atoms with Crippen LogP contribution in [0.2, 0.25) is 0 Å². The Kier molecular flexibility index (Phi) is 6.07. The molecule has 1 saturated heterocycles. The maximum Gasteiger partial charge on any atom is 0.128 e. The molecule has 0 amide bonds. The fraction of sp³-hybridized carbons (Fsp3) is 0.667. The molecule has 1 aromatic carbocycles. The van der Waals surface area contributed by atoms with Crippen LogP contribution in [-0.4, -0.2) is 43.3 Å². The van der Waals surface area contributed by atoms with Crippen LogP contribution >= 0.6 is 15.9 Å². The van der Waals surface area contributed by atoms with Crippen LogP contribution in [0.1, 0.15) is 37.7 Å². The number of hydrogen-bond donors (Lipinski definition) is 1. The number of hydrogen-bond acceptors (Lipinski definition) is 3. The summed E-state index contributed by atoms with van der Waals surface area (Å²) in [7, 11) is 0. The lowest BCUT2D eigenvalue weighted by Gasteiger charge is -2.48. The lowest BCUT2D eigenvalue weighted by molar-refractivity contribution is -0.0369. The zero-order valence-corrected chi connectivity index (χ0v) is 15.2. The van der Waals surface area contributed by atoms with Gasteiger partial charge in [0, 0.05) is 41.8 Å². The number of halogens is 2. The highest BCUT2D eigenvalue weighted by Gasteiger charge is 2.38. The monoisotopic (exact) mass is 384 g/mol.